The number of anilines is 2. The second kappa shape index (κ2) is 8.96. The Morgan fingerprint density at radius 2 is 1.73 bits per heavy atom. The molecule has 3 heterocycles. The summed E-state index contributed by atoms with van der Waals surface area (Å²) in [6.07, 6.45) is 2.01. The molecule has 8 nitrogen and oxygen atoms in total. The predicted octanol–water partition coefficient (Wildman–Crippen LogP) is 5.88. The smallest absolute Gasteiger partial charge is 0.270 e. The average molecular weight is 550 g/mol. The van der Waals surface area contributed by atoms with Gasteiger partial charge < -0.3 is 10.2 Å². The summed E-state index contributed by atoms with van der Waals surface area (Å²) in [5.74, 6) is -2.17. The van der Waals surface area contributed by atoms with Crippen LogP contribution in [-0.4, -0.2) is 34.5 Å². The van der Waals surface area contributed by atoms with Crippen LogP contribution in [0.5, 0.6) is 0 Å². The number of para-hydroxylation sites is 1. The third-order valence-electron chi connectivity index (χ3n) is 8.76. The van der Waals surface area contributed by atoms with Crippen molar-refractivity contribution in [3.05, 3.63) is 105 Å². The Hall–Kier alpha value is -4.59. The fourth-order valence-electron chi connectivity index (χ4n) is 6.94. The number of nitrogens with zero attached hydrogens (tertiary/aromatic N) is 2. The molecule has 1 amide bonds. The number of benzene rings is 3. The van der Waals surface area contributed by atoms with Crippen LogP contribution in [0.1, 0.15) is 54.7 Å². The van der Waals surface area contributed by atoms with E-state index in [1.165, 1.54) is 24.3 Å². The fraction of sp³-hybridized carbons (Fsp3) is 0.303. The van der Waals surface area contributed by atoms with Crippen LogP contribution in [0, 0.1) is 28.4 Å². The molecule has 1 N–H and O–H groups in total. The Balaban J connectivity index is 1.70. The van der Waals surface area contributed by atoms with Crippen molar-refractivity contribution in [1.29, 1.82) is 0 Å². The minimum absolute atomic E-state index is 0.0946. The molecule has 0 radical (unpaired) electrons. The van der Waals surface area contributed by atoms with Crippen molar-refractivity contribution in [2.45, 2.75) is 52.1 Å². The highest BCUT2D eigenvalue weighted by molar-refractivity contribution is 6.17. The molecule has 3 aromatic rings. The van der Waals surface area contributed by atoms with Gasteiger partial charge in [-0.2, -0.15) is 0 Å². The number of allylic oxidation sites excluding steroid dienone is 1. The zero-order valence-electron chi connectivity index (χ0n) is 23.6. The first-order valence-corrected chi connectivity index (χ1v) is 13.7. The number of non-ortho nitro benzene ring substituents is 1. The van der Waals surface area contributed by atoms with Gasteiger partial charge >= 0.3 is 0 Å². The van der Waals surface area contributed by atoms with Crippen LogP contribution in [0.2, 0.25) is 0 Å². The molecule has 4 unspecified atom stereocenters. The lowest BCUT2D eigenvalue weighted by Crippen LogP contribution is -2.51. The first kappa shape index (κ1) is 26.6. The lowest BCUT2D eigenvalue weighted by Gasteiger charge is -2.40. The molecule has 3 aliphatic rings. The number of nitro benzene ring substituents is 1. The Labute approximate surface area is 238 Å². The summed E-state index contributed by atoms with van der Waals surface area (Å²) in [4.78, 5) is 56.7. The normalized spacial score (nSPS) is 24.3. The second-order valence-electron chi connectivity index (χ2n) is 12.3. The molecule has 0 aromatic heterocycles. The van der Waals surface area contributed by atoms with E-state index in [4.69, 9.17) is 0 Å². The molecule has 1 spiro atoms. The molecule has 4 atom stereocenters. The van der Waals surface area contributed by atoms with Gasteiger partial charge in [0.05, 0.1) is 16.9 Å². The van der Waals surface area contributed by atoms with Crippen molar-refractivity contribution in [3.63, 3.8) is 0 Å². The number of carbonyl (C=O) groups is 3. The minimum Gasteiger partial charge on any atom is -0.352 e. The van der Waals surface area contributed by atoms with E-state index >= 15 is 0 Å². The molecular weight excluding hydrogens is 518 g/mol. The van der Waals surface area contributed by atoms with Crippen LogP contribution in [0.15, 0.2) is 72.8 Å². The minimum atomic E-state index is -1.45. The van der Waals surface area contributed by atoms with E-state index in [0.29, 0.717) is 11.3 Å². The van der Waals surface area contributed by atoms with E-state index in [2.05, 4.69) is 11.4 Å². The van der Waals surface area contributed by atoms with Crippen molar-refractivity contribution >= 4 is 40.1 Å². The van der Waals surface area contributed by atoms with Crippen molar-refractivity contribution in [3.8, 4) is 0 Å². The van der Waals surface area contributed by atoms with Gasteiger partial charge in [-0.05, 0) is 43.2 Å². The monoisotopic (exact) mass is 549 g/mol. The van der Waals surface area contributed by atoms with Gasteiger partial charge in [0.25, 0.3) is 5.69 Å². The maximum atomic E-state index is 14.8. The van der Waals surface area contributed by atoms with Gasteiger partial charge in [-0.1, -0.05) is 68.8 Å². The first-order chi connectivity index (χ1) is 19.4. The second-order valence-corrected chi connectivity index (χ2v) is 12.3. The Morgan fingerprint density at radius 1 is 1.00 bits per heavy atom. The molecule has 1 saturated heterocycles. The number of amides is 1. The van der Waals surface area contributed by atoms with E-state index in [0.717, 1.165) is 22.4 Å². The first-order valence-electron chi connectivity index (χ1n) is 13.7. The lowest BCUT2D eigenvalue weighted by atomic mass is 9.63. The highest BCUT2D eigenvalue weighted by Gasteiger charge is 2.71. The molecule has 8 heteroatoms. The Morgan fingerprint density at radius 3 is 2.44 bits per heavy atom. The number of aryl methyl sites for hydroxylation is 1. The van der Waals surface area contributed by atoms with E-state index in [-0.39, 0.29) is 22.9 Å². The molecule has 1 fully saturated rings. The summed E-state index contributed by atoms with van der Waals surface area (Å²) in [5, 5.41) is 14.6. The third kappa shape index (κ3) is 3.70. The third-order valence-corrected chi connectivity index (χ3v) is 8.76. The van der Waals surface area contributed by atoms with Crippen LogP contribution in [0.25, 0.3) is 5.57 Å². The summed E-state index contributed by atoms with van der Waals surface area (Å²) in [7, 11) is 0. The number of hydrogen-bond donors (Lipinski definition) is 1. The molecule has 41 heavy (non-hydrogen) atoms. The number of nitro groups is 1. The molecular formula is C33H31N3O5. The molecule has 208 valence electrons. The van der Waals surface area contributed by atoms with Gasteiger partial charge in [-0.3, -0.25) is 24.5 Å². The van der Waals surface area contributed by atoms with Gasteiger partial charge in [0.1, 0.15) is 11.5 Å². The van der Waals surface area contributed by atoms with E-state index < -0.39 is 39.5 Å². The highest BCUT2D eigenvalue weighted by atomic mass is 16.6. The summed E-state index contributed by atoms with van der Waals surface area (Å²) in [6, 6.07) is 17.2. The SMILES string of the molecule is CC1=CC2N(c3ccc(C)cc31)C(C(=O)C(C)(C)C)C(C(=O)c1cccc([N+](=O)[O-])c1)C21C(=O)Nc2ccccc21. The number of ketones is 2. The van der Waals surface area contributed by atoms with Gasteiger partial charge in [-0.15, -0.1) is 0 Å². The Bertz CT molecular complexity index is 1700. The molecule has 3 aromatic carbocycles. The molecule has 3 aliphatic heterocycles. The van der Waals surface area contributed by atoms with Crippen molar-refractivity contribution in [2.24, 2.45) is 11.3 Å². The zero-order chi connectivity index (χ0) is 29.4. The summed E-state index contributed by atoms with van der Waals surface area (Å²) in [5.41, 5.74) is 2.54. The number of fused-ring (bicyclic) bond motifs is 6. The standard InChI is InChI=1S/C33H31N3O5/c1-18-13-14-25-22(15-18)19(2)16-26-33(23-11-6-7-12-24(23)34-31(33)39)27(28(35(25)26)30(38)32(3,4)5)29(37)20-9-8-10-21(17-20)36(40)41/h6-17,26-28H,1-5H3,(H,34,39). The van der Waals surface area contributed by atoms with Gasteiger partial charge in [0.2, 0.25) is 5.91 Å². The molecule has 0 bridgehead atoms. The predicted molar refractivity (Wildman–Crippen MR) is 157 cm³/mol. The maximum Gasteiger partial charge on any atom is 0.270 e. The van der Waals surface area contributed by atoms with E-state index in [1.54, 1.807) is 6.07 Å². The number of Topliss-reactive ketones (excluding diaryl/α,β-unsaturated/α-hetero) is 2. The van der Waals surface area contributed by atoms with Crippen LogP contribution >= 0.6 is 0 Å². The maximum absolute atomic E-state index is 14.8. The Kier molecular flexibility index (Phi) is 5.82. The van der Waals surface area contributed by atoms with Crippen LogP contribution in [0.3, 0.4) is 0 Å². The molecule has 0 aliphatic carbocycles. The van der Waals surface area contributed by atoms with Crippen molar-refractivity contribution in [2.75, 3.05) is 10.2 Å². The number of nitrogens with one attached hydrogen (secondary N) is 1. The fourth-order valence-corrected chi connectivity index (χ4v) is 6.94. The largest absolute Gasteiger partial charge is 0.352 e. The highest BCUT2D eigenvalue weighted by Crippen LogP contribution is 2.59. The van der Waals surface area contributed by atoms with Crippen molar-refractivity contribution < 1.29 is 19.3 Å². The van der Waals surface area contributed by atoms with Gasteiger partial charge in [0, 0.05) is 40.0 Å². The van der Waals surface area contributed by atoms with Crippen LogP contribution < -0.4 is 10.2 Å². The summed E-state index contributed by atoms with van der Waals surface area (Å²) >= 11 is 0. The quantitative estimate of drug-likeness (QED) is 0.247. The average Bonchev–Trinajstić information content (AvgIpc) is 3.39. The molecule has 0 saturated carbocycles. The number of hydrogen-bond acceptors (Lipinski definition) is 6. The number of rotatable bonds is 4. The van der Waals surface area contributed by atoms with Gasteiger partial charge in [0.15, 0.2) is 11.6 Å². The van der Waals surface area contributed by atoms with Gasteiger partial charge in [-0.25, -0.2) is 0 Å². The zero-order valence-corrected chi connectivity index (χ0v) is 23.6. The number of carbonyl (C=O) groups excluding carboxylic acids is 3. The van der Waals surface area contributed by atoms with E-state index in [9.17, 15) is 24.5 Å². The van der Waals surface area contributed by atoms with Crippen LogP contribution in [-0.2, 0) is 15.0 Å². The lowest BCUT2D eigenvalue weighted by molar-refractivity contribution is -0.384. The summed E-state index contributed by atoms with van der Waals surface area (Å²) < 4.78 is 0. The van der Waals surface area contributed by atoms with Crippen LogP contribution in [0.4, 0.5) is 17.1 Å². The topological polar surface area (TPSA) is 110 Å². The van der Waals surface area contributed by atoms with E-state index in [1.807, 2.05) is 75.9 Å². The summed E-state index contributed by atoms with van der Waals surface area (Å²) in [6.45, 7) is 9.42. The van der Waals surface area contributed by atoms with Crippen molar-refractivity contribution in [1.82, 2.24) is 0 Å². The molecule has 6 rings (SSSR count).